The van der Waals surface area contributed by atoms with E-state index in [-0.39, 0.29) is 29.4 Å². The second-order valence-corrected chi connectivity index (χ2v) is 9.48. The van der Waals surface area contributed by atoms with E-state index in [1.807, 2.05) is 31.2 Å². The van der Waals surface area contributed by atoms with Gasteiger partial charge in [-0.2, -0.15) is 0 Å². The maximum absolute atomic E-state index is 13.0. The fraction of sp³-hybridized carbons (Fsp3) is 0.500. The van der Waals surface area contributed by atoms with Crippen LogP contribution in [0.2, 0.25) is 0 Å². The first-order chi connectivity index (χ1) is 15.0. The molecule has 170 valence electrons. The van der Waals surface area contributed by atoms with Crippen molar-refractivity contribution < 1.29 is 13.7 Å². The first-order valence-electron chi connectivity index (χ1n) is 10.9. The van der Waals surface area contributed by atoms with E-state index in [4.69, 9.17) is 10.1 Å². The molecule has 0 spiro atoms. The summed E-state index contributed by atoms with van der Waals surface area (Å²) in [5.41, 5.74) is 0.926. The maximum Gasteiger partial charge on any atom is 0.286 e. The summed E-state index contributed by atoms with van der Waals surface area (Å²) in [4.78, 5) is 15.7. The normalized spacial score (nSPS) is 19.7. The SMILES string of the molecule is C=CC(C)/C=C(\OCC=N)C(=O)NCc1ccc(S(=O)C2CCCN(CC)CC2)cc1. The summed E-state index contributed by atoms with van der Waals surface area (Å²) in [5, 5.41) is 10.2. The molecule has 31 heavy (non-hydrogen) atoms. The Morgan fingerprint density at radius 2 is 2.10 bits per heavy atom. The van der Waals surface area contributed by atoms with Crippen molar-refractivity contribution in [3.63, 3.8) is 0 Å². The third kappa shape index (κ3) is 8.07. The Morgan fingerprint density at radius 1 is 1.35 bits per heavy atom. The van der Waals surface area contributed by atoms with Gasteiger partial charge < -0.3 is 20.4 Å². The van der Waals surface area contributed by atoms with E-state index < -0.39 is 10.8 Å². The van der Waals surface area contributed by atoms with Crippen LogP contribution in [0.25, 0.3) is 0 Å². The molecular formula is C24H35N3O3S. The molecular weight excluding hydrogens is 410 g/mol. The predicted molar refractivity (Wildman–Crippen MR) is 127 cm³/mol. The van der Waals surface area contributed by atoms with Crippen molar-refractivity contribution in [1.82, 2.24) is 10.2 Å². The Hall–Kier alpha value is -2.25. The number of hydrogen-bond donors (Lipinski definition) is 2. The fourth-order valence-electron chi connectivity index (χ4n) is 3.49. The number of hydrogen-bond acceptors (Lipinski definition) is 5. The molecule has 0 saturated carbocycles. The number of nitrogens with one attached hydrogen (secondary N) is 2. The number of carbonyl (C=O) groups is 1. The molecule has 3 unspecified atom stereocenters. The van der Waals surface area contributed by atoms with E-state index in [0.717, 1.165) is 55.6 Å². The number of carbonyl (C=O) groups excluding carboxylic acids is 1. The molecule has 1 aliphatic heterocycles. The van der Waals surface area contributed by atoms with Crippen LogP contribution in [0.3, 0.4) is 0 Å². The molecule has 3 atom stereocenters. The van der Waals surface area contributed by atoms with Crippen LogP contribution < -0.4 is 5.32 Å². The lowest BCUT2D eigenvalue weighted by molar-refractivity contribution is -0.120. The van der Waals surface area contributed by atoms with Gasteiger partial charge in [0.2, 0.25) is 0 Å². The predicted octanol–water partition coefficient (Wildman–Crippen LogP) is 3.66. The second kappa shape index (κ2) is 13.2. The Balaban J connectivity index is 1.94. The molecule has 0 radical (unpaired) electrons. The monoisotopic (exact) mass is 445 g/mol. The van der Waals surface area contributed by atoms with Gasteiger partial charge in [-0.25, -0.2) is 0 Å². The van der Waals surface area contributed by atoms with Crippen LogP contribution in [0, 0.1) is 11.3 Å². The molecule has 1 aliphatic rings. The molecule has 1 aromatic carbocycles. The lowest BCUT2D eigenvalue weighted by Crippen LogP contribution is -2.26. The van der Waals surface area contributed by atoms with Gasteiger partial charge in [0.05, 0.1) is 10.8 Å². The Morgan fingerprint density at radius 3 is 2.74 bits per heavy atom. The van der Waals surface area contributed by atoms with E-state index in [9.17, 15) is 9.00 Å². The van der Waals surface area contributed by atoms with E-state index in [0.29, 0.717) is 6.54 Å². The quantitative estimate of drug-likeness (QED) is 0.236. The van der Waals surface area contributed by atoms with Gasteiger partial charge in [0, 0.05) is 22.9 Å². The van der Waals surface area contributed by atoms with Crippen LogP contribution in [0.1, 0.15) is 38.7 Å². The summed E-state index contributed by atoms with van der Waals surface area (Å²) in [6.45, 7) is 11.3. The highest BCUT2D eigenvalue weighted by Gasteiger charge is 2.22. The fourth-order valence-corrected chi connectivity index (χ4v) is 4.98. The lowest BCUT2D eigenvalue weighted by atomic mass is 10.1. The van der Waals surface area contributed by atoms with Crippen molar-refractivity contribution in [3.8, 4) is 0 Å². The summed E-state index contributed by atoms with van der Waals surface area (Å²) in [7, 11) is -1.01. The zero-order chi connectivity index (χ0) is 22.6. The topological polar surface area (TPSA) is 82.5 Å². The number of nitrogens with zero attached hydrogens (tertiary/aromatic N) is 1. The van der Waals surface area contributed by atoms with Gasteiger partial charge in [0.25, 0.3) is 5.91 Å². The Kier molecular flexibility index (Phi) is 10.7. The van der Waals surface area contributed by atoms with Gasteiger partial charge in [0.1, 0.15) is 6.61 Å². The van der Waals surface area contributed by atoms with Crippen molar-refractivity contribution in [1.29, 1.82) is 5.41 Å². The van der Waals surface area contributed by atoms with Gasteiger partial charge in [-0.1, -0.05) is 32.1 Å². The number of benzene rings is 1. The summed E-state index contributed by atoms with van der Waals surface area (Å²) in [6, 6.07) is 7.64. The molecule has 1 heterocycles. The molecule has 7 heteroatoms. The molecule has 0 aromatic heterocycles. The van der Waals surface area contributed by atoms with E-state index in [1.165, 1.54) is 0 Å². The number of allylic oxidation sites excluding steroid dienone is 2. The number of rotatable bonds is 11. The molecule has 1 fully saturated rings. The van der Waals surface area contributed by atoms with Gasteiger partial charge in [0.15, 0.2) is 5.76 Å². The number of amides is 1. The number of ether oxygens (including phenoxy) is 1. The molecule has 1 saturated heterocycles. The maximum atomic E-state index is 13.0. The molecule has 1 aromatic rings. The van der Waals surface area contributed by atoms with Crippen molar-refractivity contribution in [2.45, 2.75) is 49.8 Å². The van der Waals surface area contributed by atoms with Gasteiger partial charge in [-0.15, -0.1) is 6.58 Å². The van der Waals surface area contributed by atoms with Crippen LogP contribution in [0.15, 0.2) is 53.7 Å². The van der Waals surface area contributed by atoms with Gasteiger partial charge >= 0.3 is 0 Å². The zero-order valence-electron chi connectivity index (χ0n) is 18.6. The van der Waals surface area contributed by atoms with E-state index in [1.54, 1.807) is 12.2 Å². The minimum atomic E-state index is -1.01. The summed E-state index contributed by atoms with van der Waals surface area (Å²) < 4.78 is 18.4. The van der Waals surface area contributed by atoms with Crippen molar-refractivity contribution in [2.24, 2.45) is 5.92 Å². The van der Waals surface area contributed by atoms with Crippen molar-refractivity contribution >= 4 is 22.9 Å². The third-order valence-corrected chi connectivity index (χ3v) is 7.27. The van der Waals surface area contributed by atoms with Crippen molar-refractivity contribution in [2.75, 3.05) is 26.2 Å². The molecule has 0 bridgehead atoms. The van der Waals surface area contributed by atoms with E-state index >= 15 is 0 Å². The minimum Gasteiger partial charge on any atom is -0.483 e. The molecule has 1 amide bonds. The van der Waals surface area contributed by atoms with Crippen LogP contribution in [0.4, 0.5) is 0 Å². The van der Waals surface area contributed by atoms with Crippen LogP contribution >= 0.6 is 0 Å². The molecule has 2 rings (SSSR count). The summed E-state index contributed by atoms with van der Waals surface area (Å²) in [5.74, 6) is -0.167. The number of likely N-dealkylation sites (tertiary alicyclic amines) is 1. The van der Waals surface area contributed by atoms with Crippen LogP contribution in [0.5, 0.6) is 0 Å². The Bertz CT molecular complexity index is 792. The van der Waals surface area contributed by atoms with E-state index in [2.05, 4.69) is 23.7 Å². The summed E-state index contributed by atoms with van der Waals surface area (Å²) in [6.07, 6.45) is 7.56. The third-order valence-electron chi connectivity index (χ3n) is 5.46. The average molecular weight is 446 g/mol. The van der Waals surface area contributed by atoms with Gasteiger partial charge in [-0.05, 0) is 68.6 Å². The smallest absolute Gasteiger partial charge is 0.286 e. The van der Waals surface area contributed by atoms with Crippen LogP contribution in [-0.4, -0.2) is 52.7 Å². The van der Waals surface area contributed by atoms with Crippen molar-refractivity contribution in [3.05, 3.63) is 54.3 Å². The first-order valence-corrected chi connectivity index (χ1v) is 12.2. The zero-order valence-corrected chi connectivity index (χ0v) is 19.5. The Labute approximate surface area is 188 Å². The summed E-state index contributed by atoms with van der Waals surface area (Å²) >= 11 is 0. The van der Waals surface area contributed by atoms with Crippen LogP contribution in [-0.2, 0) is 26.9 Å². The van der Waals surface area contributed by atoms with Gasteiger partial charge in [-0.3, -0.25) is 9.00 Å². The lowest BCUT2D eigenvalue weighted by Gasteiger charge is -2.17. The molecule has 6 nitrogen and oxygen atoms in total. The minimum absolute atomic E-state index is 0.0193. The molecule has 0 aliphatic carbocycles. The highest BCUT2D eigenvalue weighted by molar-refractivity contribution is 7.85. The highest BCUT2D eigenvalue weighted by Crippen LogP contribution is 2.22. The first kappa shape index (κ1) is 25.0. The average Bonchev–Trinajstić information content (AvgIpc) is 3.05. The highest BCUT2D eigenvalue weighted by atomic mass is 32.2. The standard InChI is InChI=1S/C24H35N3O3S/c1-4-19(3)17-23(30-16-13-25)24(28)26-18-20-8-10-22(11-9-20)31(29)21-7-6-14-27(5-2)15-12-21/h4,8-11,13,17,19,21,25H,1,5-7,12,14-16,18H2,2-3H3,(H,26,28)/b23-17-,25-13?. The second-order valence-electron chi connectivity index (χ2n) is 7.75. The largest absolute Gasteiger partial charge is 0.483 e. The molecule has 2 N–H and O–H groups in total.